The summed E-state index contributed by atoms with van der Waals surface area (Å²) in [7, 11) is 1.23. The van der Waals surface area contributed by atoms with Gasteiger partial charge in [0.1, 0.15) is 24.2 Å². The first kappa shape index (κ1) is 31.2. The second kappa shape index (κ2) is 16.7. The number of unbranched alkanes of at least 4 members (excludes halogenated alkanes) is 3. The van der Waals surface area contributed by atoms with Crippen LogP contribution in [-0.4, -0.2) is 66.7 Å². The Morgan fingerprint density at radius 3 is 2.35 bits per heavy atom. The van der Waals surface area contributed by atoms with Crippen LogP contribution in [0.2, 0.25) is 0 Å². The highest BCUT2D eigenvalue weighted by atomic mass is 16.6. The highest BCUT2D eigenvalue weighted by Crippen LogP contribution is 2.18. The molecule has 1 heterocycles. The molecule has 0 aromatic rings. The summed E-state index contributed by atoms with van der Waals surface area (Å²) in [5, 5.41) is 4.99. The van der Waals surface area contributed by atoms with Gasteiger partial charge < -0.3 is 25.0 Å². The third-order valence-electron chi connectivity index (χ3n) is 4.87. The maximum atomic E-state index is 12.5. The number of carbonyl (C=O) groups excluding carboxylic acids is 4. The standard InChI is InChI=1S/C18H29N3O6.C7H14/c1-6-8-12(16(24)26-5)20-15(23)13-9-7-10-21(13)14(22)11-19-17(25)27-18(2,3)4;1-3-5-7-6-4-2/h6,12-13H,1,7-11H2,2-5H3,(H,19,25)(H,20,23);3H,1,4-7H2,2H3. The molecule has 9 heteroatoms. The topological polar surface area (TPSA) is 114 Å². The van der Waals surface area contributed by atoms with Gasteiger partial charge in [0, 0.05) is 6.54 Å². The van der Waals surface area contributed by atoms with Crippen molar-refractivity contribution >= 4 is 23.9 Å². The molecule has 0 aliphatic carbocycles. The molecule has 9 nitrogen and oxygen atoms in total. The zero-order chi connectivity index (χ0) is 26.1. The Hall–Kier alpha value is -2.84. The van der Waals surface area contributed by atoms with E-state index < -0.39 is 41.6 Å². The van der Waals surface area contributed by atoms with Gasteiger partial charge in [-0.25, -0.2) is 9.59 Å². The van der Waals surface area contributed by atoms with Crippen molar-refractivity contribution in [1.29, 1.82) is 0 Å². The lowest BCUT2D eigenvalue weighted by atomic mass is 10.1. The molecular formula is C25H43N3O6. The van der Waals surface area contributed by atoms with E-state index >= 15 is 0 Å². The van der Waals surface area contributed by atoms with Gasteiger partial charge in [-0.05, 0) is 52.9 Å². The van der Waals surface area contributed by atoms with Crippen LogP contribution in [0, 0.1) is 0 Å². The molecule has 0 bridgehead atoms. The molecule has 1 rings (SSSR count). The number of methoxy groups -OCH3 is 1. The summed E-state index contributed by atoms with van der Waals surface area (Å²) < 4.78 is 9.75. The molecule has 1 aliphatic rings. The van der Waals surface area contributed by atoms with Gasteiger partial charge in [0.05, 0.1) is 7.11 Å². The highest BCUT2D eigenvalue weighted by Gasteiger charge is 2.35. The molecular weight excluding hydrogens is 438 g/mol. The molecule has 3 amide bonds. The quantitative estimate of drug-likeness (QED) is 0.265. The van der Waals surface area contributed by atoms with E-state index in [1.54, 1.807) is 20.8 Å². The number of esters is 1. The zero-order valence-electron chi connectivity index (χ0n) is 21.5. The van der Waals surface area contributed by atoms with Crippen molar-refractivity contribution in [2.24, 2.45) is 0 Å². The highest BCUT2D eigenvalue weighted by molar-refractivity contribution is 5.92. The minimum absolute atomic E-state index is 0.222. The van der Waals surface area contributed by atoms with Crippen LogP contribution in [0.15, 0.2) is 25.3 Å². The van der Waals surface area contributed by atoms with E-state index in [0.717, 1.165) is 0 Å². The van der Waals surface area contributed by atoms with Crippen molar-refractivity contribution in [2.45, 2.75) is 90.3 Å². The smallest absolute Gasteiger partial charge is 0.408 e. The second-order valence-corrected chi connectivity index (χ2v) is 8.99. The third kappa shape index (κ3) is 13.0. The minimum Gasteiger partial charge on any atom is -0.467 e. The van der Waals surface area contributed by atoms with Gasteiger partial charge >= 0.3 is 12.1 Å². The largest absolute Gasteiger partial charge is 0.467 e. The fraction of sp³-hybridized carbons (Fsp3) is 0.680. The van der Waals surface area contributed by atoms with Crippen molar-refractivity contribution in [2.75, 3.05) is 20.2 Å². The second-order valence-electron chi connectivity index (χ2n) is 8.99. The van der Waals surface area contributed by atoms with Crippen LogP contribution < -0.4 is 10.6 Å². The van der Waals surface area contributed by atoms with Crippen LogP contribution >= 0.6 is 0 Å². The number of allylic oxidation sites excluding steroid dienone is 1. The summed E-state index contributed by atoms with van der Waals surface area (Å²) in [6.45, 7) is 14.7. The lowest BCUT2D eigenvalue weighted by molar-refractivity contribution is -0.146. The summed E-state index contributed by atoms with van der Waals surface area (Å²) in [6.07, 6.45) is 9.31. The fourth-order valence-corrected chi connectivity index (χ4v) is 3.23. The Labute approximate surface area is 204 Å². The first-order valence-corrected chi connectivity index (χ1v) is 11.9. The molecule has 1 aliphatic heterocycles. The molecule has 2 unspecified atom stereocenters. The van der Waals surface area contributed by atoms with E-state index in [-0.39, 0.29) is 13.0 Å². The summed E-state index contributed by atoms with van der Waals surface area (Å²) in [6, 6.07) is -1.55. The molecule has 34 heavy (non-hydrogen) atoms. The predicted molar refractivity (Wildman–Crippen MR) is 132 cm³/mol. The Morgan fingerprint density at radius 1 is 1.15 bits per heavy atom. The lowest BCUT2D eigenvalue weighted by Crippen LogP contribution is -2.52. The summed E-state index contributed by atoms with van der Waals surface area (Å²) in [4.78, 5) is 49.7. The molecule has 2 atom stereocenters. The zero-order valence-corrected chi connectivity index (χ0v) is 21.5. The Morgan fingerprint density at radius 2 is 1.82 bits per heavy atom. The Bertz CT molecular complexity index is 687. The number of rotatable bonds is 11. The van der Waals surface area contributed by atoms with Gasteiger partial charge in [0.15, 0.2) is 0 Å². The maximum absolute atomic E-state index is 12.5. The van der Waals surface area contributed by atoms with Crippen LogP contribution in [0.3, 0.4) is 0 Å². The third-order valence-corrected chi connectivity index (χ3v) is 4.87. The van der Waals surface area contributed by atoms with Crippen molar-refractivity contribution in [3.05, 3.63) is 25.3 Å². The lowest BCUT2D eigenvalue weighted by Gasteiger charge is -2.26. The Kier molecular flexibility index (Phi) is 15.3. The van der Waals surface area contributed by atoms with E-state index in [2.05, 4.69) is 35.5 Å². The van der Waals surface area contributed by atoms with E-state index in [1.807, 2.05) is 6.08 Å². The number of nitrogens with one attached hydrogen (secondary N) is 2. The average Bonchev–Trinajstić information content (AvgIpc) is 3.26. The number of likely N-dealkylation sites (tertiary alicyclic amines) is 1. The molecule has 0 radical (unpaired) electrons. The number of alkyl carbamates (subject to hydrolysis) is 1. The minimum atomic E-state index is -0.850. The first-order chi connectivity index (χ1) is 16.0. The van der Waals surface area contributed by atoms with Gasteiger partial charge in [0.2, 0.25) is 11.8 Å². The number of amides is 3. The number of carbonyl (C=O) groups is 4. The van der Waals surface area contributed by atoms with Gasteiger partial charge in [0.25, 0.3) is 0 Å². The van der Waals surface area contributed by atoms with Crippen LogP contribution in [-0.2, 0) is 23.9 Å². The van der Waals surface area contributed by atoms with Crippen LogP contribution in [0.25, 0.3) is 0 Å². The average molecular weight is 482 g/mol. The molecule has 1 fully saturated rings. The maximum Gasteiger partial charge on any atom is 0.408 e. The van der Waals surface area contributed by atoms with Gasteiger partial charge in [-0.2, -0.15) is 0 Å². The molecule has 194 valence electrons. The number of nitrogens with zero attached hydrogens (tertiary/aromatic N) is 1. The summed E-state index contributed by atoms with van der Waals surface area (Å²) >= 11 is 0. The van der Waals surface area contributed by atoms with E-state index in [4.69, 9.17) is 4.74 Å². The van der Waals surface area contributed by atoms with E-state index in [1.165, 1.54) is 43.8 Å². The van der Waals surface area contributed by atoms with Crippen molar-refractivity contribution in [3.8, 4) is 0 Å². The summed E-state index contributed by atoms with van der Waals surface area (Å²) in [5.41, 5.74) is -0.669. The normalized spacial score (nSPS) is 15.8. The van der Waals surface area contributed by atoms with Gasteiger partial charge in [-0.15, -0.1) is 13.2 Å². The SMILES string of the molecule is C=CCC(NC(=O)C1CCCN1C(=O)CNC(=O)OC(C)(C)C)C(=O)OC.C=CCCCCC. The molecule has 0 spiro atoms. The number of ether oxygens (including phenoxy) is 2. The fourth-order valence-electron chi connectivity index (χ4n) is 3.23. The first-order valence-electron chi connectivity index (χ1n) is 11.9. The monoisotopic (exact) mass is 481 g/mol. The summed E-state index contributed by atoms with van der Waals surface area (Å²) in [5.74, 6) is -1.40. The van der Waals surface area contributed by atoms with Crippen LogP contribution in [0.5, 0.6) is 0 Å². The van der Waals surface area contributed by atoms with E-state index in [0.29, 0.717) is 19.4 Å². The van der Waals surface area contributed by atoms with Crippen LogP contribution in [0.4, 0.5) is 4.79 Å². The molecule has 0 saturated carbocycles. The Balaban J connectivity index is 0.00000135. The number of hydrogen-bond acceptors (Lipinski definition) is 6. The molecule has 1 saturated heterocycles. The molecule has 0 aromatic heterocycles. The van der Waals surface area contributed by atoms with Crippen molar-refractivity contribution in [1.82, 2.24) is 15.5 Å². The predicted octanol–water partition coefficient (Wildman–Crippen LogP) is 3.49. The number of hydrogen-bond donors (Lipinski definition) is 2. The van der Waals surface area contributed by atoms with Gasteiger partial charge in [-0.1, -0.05) is 31.9 Å². The van der Waals surface area contributed by atoms with Crippen molar-refractivity contribution in [3.63, 3.8) is 0 Å². The molecule has 0 aromatic carbocycles. The van der Waals surface area contributed by atoms with E-state index in [9.17, 15) is 19.2 Å². The van der Waals surface area contributed by atoms with Gasteiger partial charge in [-0.3, -0.25) is 9.59 Å². The molecule has 2 N–H and O–H groups in total. The van der Waals surface area contributed by atoms with Crippen molar-refractivity contribution < 1.29 is 28.7 Å². The van der Waals surface area contributed by atoms with Crippen LogP contribution in [0.1, 0.15) is 72.6 Å².